The summed E-state index contributed by atoms with van der Waals surface area (Å²) in [6.07, 6.45) is 1.58. The normalized spacial score (nSPS) is 12.0. The number of carbonyl (C=O) groups is 1. The van der Waals surface area contributed by atoms with Crippen LogP contribution in [0.15, 0.2) is 47.6 Å². The summed E-state index contributed by atoms with van der Waals surface area (Å²) in [5, 5.41) is 2.06. The summed E-state index contributed by atoms with van der Waals surface area (Å²) in [5.41, 5.74) is 1.05. The molecule has 0 aliphatic rings. The Labute approximate surface area is 144 Å². The van der Waals surface area contributed by atoms with Crippen LogP contribution in [0.2, 0.25) is 10.0 Å². The van der Waals surface area contributed by atoms with E-state index in [4.69, 9.17) is 23.2 Å². The highest BCUT2D eigenvalue weighted by molar-refractivity contribution is 7.99. The summed E-state index contributed by atoms with van der Waals surface area (Å²) in [7, 11) is 1.80. The molecular weight excluding hydrogens is 339 g/mol. The number of carbonyl (C=O) groups excluding carboxylic acids is 1. The molecule has 0 spiro atoms. The van der Waals surface area contributed by atoms with E-state index in [-0.39, 0.29) is 11.9 Å². The van der Waals surface area contributed by atoms with Gasteiger partial charge in [-0.2, -0.15) is 0 Å². The lowest BCUT2D eigenvalue weighted by atomic mass is 10.1. The van der Waals surface area contributed by atoms with Crippen LogP contribution in [0.4, 0.5) is 0 Å². The van der Waals surface area contributed by atoms with E-state index < -0.39 is 0 Å². The number of halogens is 2. The molecule has 0 fully saturated rings. The van der Waals surface area contributed by atoms with Crippen molar-refractivity contribution in [2.45, 2.75) is 18.0 Å². The lowest BCUT2D eigenvalue weighted by Gasteiger charge is -2.25. The smallest absolute Gasteiger partial charge is 0.233 e. The van der Waals surface area contributed by atoms with Crippen LogP contribution in [0.5, 0.6) is 0 Å². The van der Waals surface area contributed by atoms with Crippen LogP contribution in [0.25, 0.3) is 0 Å². The van der Waals surface area contributed by atoms with Crippen LogP contribution < -0.4 is 0 Å². The largest absolute Gasteiger partial charge is 0.338 e. The average molecular weight is 355 g/mol. The Hall–Kier alpha value is -1.23. The van der Waals surface area contributed by atoms with Gasteiger partial charge in [-0.15, -0.1) is 0 Å². The topological polar surface area (TPSA) is 33.2 Å². The average Bonchev–Trinajstić information content (AvgIpc) is 2.53. The highest BCUT2D eigenvalue weighted by Crippen LogP contribution is 2.23. The van der Waals surface area contributed by atoms with Crippen molar-refractivity contribution >= 4 is 40.9 Å². The van der Waals surface area contributed by atoms with Gasteiger partial charge in [-0.1, -0.05) is 47.1 Å². The molecular formula is C16H16Cl2N2OS. The third-order valence-corrected chi connectivity index (χ3v) is 4.77. The van der Waals surface area contributed by atoms with Crippen molar-refractivity contribution in [3.63, 3.8) is 0 Å². The second kappa shape index (κ2) is 7.86. The van der Waals surface area contributed by atoms with Crippen molar-refractivity contribution in [1.82, 2.24) is 9.88 Å². The molecule has 3 nitrogen and oxygen atoms in total. The minimum atomic E-state index is -0.0106. The molecule has 1 heterocycles. The van der Waals surface area contributed by atoms with Crippen molar-refractivity contribution in [3.05, 3.63) is 58.2 Å². The first-order valence-electron chi connectivity index (χ1n) is 6.73. The molecule has 1 unspecified atom stereocenters. The highest BCUT2D eigenvalue weighted by atomic mass is 35.5. The van der Waals surface area contributed by atoms with Crippen LogP contribution in [-0.4, -0.2) is 28.6 Å². The van der Waals surface area contributed by atoms with Gasteiger partial charge in [-0.05, 0) is 36.8 Å². The summed E-state index contributed by atoms with van der Waals surface area (Å²) < 4.78 is 0. The van der Waals surface area contributed by atoms with E-state index in [9.17, 15) is 4.79 Å². The van der Waals surface area contributed by atoms with Gasteiger partial charge < -0.3 is 4.90 Å². The molecule has 1 atom stereocenters. The van der Waals surface area contributed by atoms with E-state index in [1.165, 1.54) is 11.8 Å². The number of hydrogen-bond acceptors (Lipinski definition) is 3. The second-order valence-corrected chi connectivity index (χ2v) is 6.70. The number of benzene rings is 1. The maximum absolute atomic E-state index is 12.3. The van der Waals surface area contributed by atoms with Crippen molar-refractivity contribution < 1.29 is 4.79 Å². The molecule has 1 aromatic heterocycles. The zero-order valence-corrected chi connectivity index (χ0v) is 14.6. The zero-order valence-electron chi connectivity index (χ0n) is 12.3. The van der Waals surface area contributed by atoms with Crippen LogP contribution in [-0.2, 0) is 4.79 Å². The van der Waals surface area contributed by atoms with Gasteiger partial charge in [0.05, 0.1) is 21.8 Å². The molecule has 0 N–H and O–H groups in total. The third-order valence-electron chi connectivity index (χ3n) is 3.37. The fraction of sp³-hybridized carbons (Fsp3) is 0.250. The van der Waals surface area contributed by atoms with Gasteiger partial charge in [0.15, 0.2) is 0 Å². The maximum atomic E-state index is 12.3. The molecule has 2 aromatic rings. The lowest BCUT2D eigenvalue weighted by molar-refractivity contribution is -0.128. The molecule has 6 heteroatoms. The van der Waals surface area contributed by atoms with E-state index in [2.05, 4.69) is 4.98 Å². The van der Waals surface area contributed by atoms with Crippen molar-refractivity contribution in [2.24, 2.45) is 0 Å². The number of amides is 1. The summed E-state index contributed by atoms with van der Waals surface area (Å²) in [6.45, 7) is 1.99. The van der Waals surface area contributed by atoms with Crippen molar-refractivity contribution in [2.75, 3.05) is 12.8 Å². The molecule has 0 aliphatic carbocycles. The Morgan fingerprint density at radius 1 is 1.18 bits per heavy atom. The van der Waals surface area contributed by atoms with Gasteiger partial charge in [0.25, 0.3) is 0 Å². The second-order valence-electron chi connectivity index (χ2n) is 4.84. The fourth-order valence-electron chi connectivity index (χ4n) is 1.87. The van der Waals surface area contributed by atoms with Gasteiger partial charge in [0.1, 0.15) is 0 Å². The summed E-state index contributed by atoms with van der Waals surface area (Å²) in [4.78, 5) is 18.2. The minimum absolute atomic E-state index is 0.0106. The molecule has 1 amide bonds. The Balaban J connectivity index is 1.93. The number of pyridine rings is 1. The van der Waals surface area contributed by atoms with E-state index in [1.54, 1.807) is 24.2 Å². The maximum Gasteiger partial charge on any atom is 0.233 e. The quantitative estimate of drug-likeness (QED) is 0.729. The Morgan fingerprint density at radius 2 is 1.82 bits per heavy atom. The van der Waals surface area contributed by atoms with Gasteiger partial charge in [-0.3, -0.25) is 4.79 Å². The SMILES string of the molecule is CC(c1ccc(Cl)cc1)N(C)C(=O)CSc1ccc(Cl)cn1. The first kappa shape index (κ1) is 17.1. The first-order valence-corrected chi connectivity index (χ1v) is 8.47. The van der Waals surface area contributed by atoms with Crippen molar-refractivity contribution in [3.8, 4) is 0 Å². The Bertz CT molecular complexity index is 632. The van der Waals surface area contributed by atoms with Crippen LogP contribution in [0.1, 0.15) is 18.5 Å². The van der Waals surface area contributed by atoms with Crippen molar-refractivity contribution in [1.29, 1.82) is 0 Å². The van der Waals surface area contributed by atoms with E-state index in [0.29, 0.717) is 15.8 Å². The van der Waals surface area contributed by atoms with Crippen LogP contribution in [0, 0.1) is 0 Å². The minimum Gasteiger partial charge on any atom is -0.338 e. The lowest BCUT2D eigenvalue weighted by Crippen LogP contribution is -2.31. The number of nitrogens with zero attached hydrogens (tertiary/aromatic N) is 2. The Kier molecular flexibility index (Phi) is 6.12. The molecule has 22 heavy (non-hydrogen) atoms. The predicted octanol–water partition coefficient (Wildman–Crippen LogP) is 4.70. The van der Waals surface area contributed by atoms with Gasteiger partial charge in [0, 0.05) is 18.3 Å². The van der Waals surface area contributed by atoms with E-state index in [1.807, 2.05) is 37.3 Å². The summed E-state index contributed by atoms with van der Waals surface area (Å²) in [6, 6.07) is 11.1. The molecule has 0 saturated carbocycles. The number of rotatable bonds is 5. The zero-order chi connectivity index (χ0) is 16.1. The molecule has 0 bridgehead atoms. The summed E-state index contributed by atoms with van der Waals surface area (Å²) >= 11 is 13.1. The molecule has 1 aromatic carbocycles. The number of hydrogen-bond donors (Lipinski definition) is 0. The first-order chi connectivity index (χ1) is 10.5. The van der Waals surface area contributed by atoms with Gasteiger partial charge in [0.2, 0.25) is 5.91 Å². The third kappa shape index (κ3) is 4.63. The molecule has 0 radical (unpaired) electrons. The summed E-state index contributed by atoms with van der Waals surface area (Å²) in [5.74, 6) is 0.382. The number of aromatic nitrogens is 1. The monoisotopic (exact) mass is 354 g/mol. The van der Waals surface area contributed by atoms with E-state index >= 15 is 0 Å². The van der Waals surface area contributed by atoms with Gasteiger partial charge >= 0.3 is 0 Å². The van der Waals surface area contributed by atoms with Crippen LogP contribution in [0.3, 0.4) is 0 Å². The molecule has 2 rings (SSSR count). The standard InChI is InChI=1S/C16H16Cl2N2OS/c1-11(12-3-5-13(17)6-4-12)20(2)16(21)10-22-15-8-7-14(18)9-19-15/h3-9,11H,10H2,1-2H3. The molecule has 0 saturated heterocycles. The number of thioether (sulfide) groups is 1. The highest BCUT2D eigenvalue weighted by Gasteiger charge is 2.17. The van der Waals surface area contributed by atoms with Gasteiger partial charge in [-0.25, -0.2) is 4.98 Å². The van der Waals surface area contributed by atoms with E-state index in [0.717, 1.165) is 10.6 Å². The van der Waals surface area contributed by atoms with Crippen LogP contribution >= 0.6 is 35.0 Å². The predicted molar refractivity (Wildman–Crippen MR) is 92.6 cm³/mol. The molecule has 0 aliphatic heterocycles. The fourth-order valence-corrected chi connectivity index (χ4v) is 2.87. The molecule has 116 valence electrons. The Morgan fingerprint density at radius 3 is 2.41 bits per heavy atom.